The summed E-state index contributed by atoms with van der Waals surface area (Å²) in [7, 11) is 1.69. The normalized spacial score (nSPS) is 19.7. The quantitative estimate of drug-likeness (QED) is 0.773. The van der Waals surface area contributed by atoms with E-state index in [1.165, 1.54) is 5.56 Å². The minimum atomic E-state index is -0.259. The number of anilines is 1. The van der Waals surface area contributed by atoms with Crippen molar-refractivity contribution < 1.29 is 14.3 Å². The summed E-state index contributed by atoms with van der Waals surface area (Å²) in [4.78, 5) is 12.9. The second-order valence-corrected chi connectivity index (χ2v) is 6.82. The number of nitrogens with zero attached hydrogens (tertiary/aromatic N) is 2. The van der Waals surface area contributed by atoms with Crippen molar-refractivity contribution in [3.05, 3.63) is 47.3 Å². The Morgan fingerprint density at radius 2 is 2.23 bits per heavy atom. The van der Waals surface area contributed by atoms with Gasteiger partial charge in [0.25, 0.3) is 0 Å². The molecule has 2 aromatic rings. The lowest BCUT2D eigenvalue weighted by atomic mass is 9.97. The number of carbonyl (C=O) groups excluding carboxylic acids is 1. The minimum absolute atomic E-state index is 0.00379. The van der Waals surface area contributed by atoms with Gasteiger partial charge in [-0.3, -0.25) is 9.48 Å². The van der Waals surface area contributed by atoms with Crippen LogP contribution in [0.4, 0.5) is 5.69 Å². The maximum absolute atomic E-state index is 12.9. The van der Waals surface area contributed by atoms with Gasteiger partial charge in [0.1, 0.15) is 6.10 Å². The molecule has 0 bridgehead atoms. The lowest BCUT2D eigenvalue weighted by Gasteiger charge is -2.20. The van der Waals surface area contributed by atoms with Crippen LogP contribution in [-0.4, -0.2) is 36.0 Å². The van der Waals surface area contributed by atoms with E-state index in [4.69, 9.17) is 9.47 Å². The van der Waals surface area contributed by atoms with E-state index in [1.807, 2.05) is 36.7 Å². The van der Waals surface area contributed by atoms with Gasteiger partial charge in [0, 0.05) is 38.8 Å². The Balaban J connectivity index is 1.72. The molecular weight excluding hydrogens is 330 g/mol. The van der Waals surface area contributed by atoms with Crippen molar-refractivity contribution in [1.82, 2.24) is 9.78 Å². The van der Waals surface area contributed by atoms with E-state index >= 15 is 0 Å². The lowest BCUT2D eigenvalue weighted by Crippen LogP contribution is -2.27. The zero-order valence-corrected chi connectivity index (χ0v) is 15.7. The number of nitrogens with one attached hydrogen (secondary N) is 1. The van der Waals surface area contributed by atoms with Crippen molar-refractivity contribution in [2.75, 3.05) is 25.6 Å². The van der Waals surface area contributed by atoms with Crippen LogP contribution >= 0.6 is 0 Å². The molecule has 0 saturated carbocycles. The van der Waals surface area contributed by atoms with Gasteiger partial charge in [-0.25, -0.2) is 0 Å². The summed E-state index contributed by atoms with van der Waals surface area (Å²) >= 11 is 0. The van der Waals surface area contributed by atoms with Crippen LogP contribution < -0.4 is 5.32 Å². The number of aryl methyl sites for hydroxylation is 3. The fourth-order valence-electron chi connectivity index (χ4n) is 3.46. The lowest BCUT2D eigenvalue weighted by molar-refractivity contribution is -0.121. The monoisotopic (exact) mass is 357 g/mol. The maximum Gasteiger partial charge on any atom is 0.230 e. The van der Waals surface area contributed by atoms with Gasteiger partial charge in [0.2, 0.25) is 5.91 Å². The van der Waals surface area contributed by atoms with Crippen LogP contribution in [0.5, 0.6) is 0 Å². The first-order valence-electron chi connectivity index (χ1n) is 9.10. The predicted molar refractivity (Wildman–Crippen MR) is 100 cm³/mol. The van der Waals surface area contributed by atoms with Crippen molar-refractivity contribution >= 4 is 11.6 Å². The first kappa shape index (κ1) is 18.6. The molecule has 1 fully saturated rings. The summed E-state index contributed by atoms with van der Waals surface area (Å²) in [6, 6.07) is 7.99. The number of carbonyl (C=O) groups is 1. The second-order valence-electron chi connectivity index (χ2n) is 6.82. The summed E-state index contributed by atoms with van der Waals surface area (Å²) in [5, 5.41) is 7.46. The number of hydrogen-bond donors (Lipinski definition) is 1. The van der Waals surface area contributed by atoms with Gasteiger partial charge in [0.15, 0.2) is 0 Å². The van der Waals surface area contributed by atoms with E-state index in [2.05, 4.69) is 16.5 Å². The maximum atomic E-state index is 12.9. The Morgan fingerprint density at radius 1 is 1.38 bits per heavy atom. The average Bonchev–Trinajstić information content (AvgIpc) is 3.26. The third kappa shape index (κ3) is 4.14. The molecule has 1 aromatic heterocycles. The number of rotatable bonds is 7. The Morgan fingerprint density at radius 3 is 3.00 bits per heavy atom. The van der Waals surface area contributed by atoms with Crippen molar-refractivity contribution in [3.8, 4) is 0 Å². The zero-order chi connectivity index (χ0) is 18.5. The standard InChI is InChI=1S/C20H27N3O3/c1-14-5-6-17(15(2)13-14)22-20(24)16-8-12-26-19(16)18-7-9-21-23(18)10-4-11-25-3/h5-7,9,13,16,19H,4,8,10-12H2,1-3H3,(H,22,24)/t16-,19-/m0/s1. The molecular formula is C20H27N3O3. The second kappa shape index (κ2) is 8.47. The third-order valence-electron chi connectivity index (χ3n) is 4.83. The van der Waals surface area contributed by atoms with Gasteiger partial charge in [-0.05, 0) is 44.4 Å². The molecule has 2 heterocycles. The molecule has 1 saturated heterocycles. The van der Waals surface area contributed by atoms with E-state index in [1.54, 1.807) is 13.3 Å². The molecule has 6 heteroatoms. The Bertz CT molecular complexity index is 757. The molecule has 1 aliphatic heterocycles. The van der Waals surface area contributed by atoms with Crippen LogP contribution in [0.2, 0.25) is 0 Å². The van der Waals surface area contributed by atoms with E-state index in [0.29, 0.717) is 19.6 Å². The van der Waals surface area contributed by atoms with E-state index in [0.717, 1.165) is 29.9 Å². The van der Waals surface area contributed by atoms with Gasteiger partial charge >= 0.3 is 0 Å². The summed E-state index contributed by atoms with van der Waals surface area (Å²) in [6.45, 7) is 6.07. The Hall–Kier alpha value is -2.18. The summed E-state index contributed by atoms with van der Waals surface area (Å²) in [5.74, 6) is -0.210. The van der Waals surface area contributed by atoms with Gasteiger partial charge in [-0.1, -0.05) is 17.7 Å². The fraction of sp³-hybridized carbons (Fsp3) is 0.500. The molecule has 0 unspecified atom stereocenters. The molecule has 0 radical (unpaired) electrons. The van der Waals surface area contributed by atoms with Crippen LogP contribution in [0.25, 0.3) is 0 Å². The highest BCUT2D eigenvalue weighted by Crippen LogP contribution is 2.35. The van der Waals surface area contributed by atoms with Crippen LogP contribution in [0.3, 0.4) is 0 Å². The SMILES string of the molecule is COCCCn1nccc1[C@H]1OCC[C@@H]1C(=O)Nc1ccc(C)cc1C. The van der Waals surface area contributed by atoms with Crippen LogP contribution in [0.1, 0.15) is 35.8 Å². The fourth-order valence-corrected chi connectivity index (χ4v) is 3.46. The predicted octanol–water partition coefficient (Wildman–Crippen LogP) is 3.25. The average molecular weight is 357 g/mol. The first-order chi connectivity index (χ1) is 12.6. The molecule has 1 amide bonds. The Kier molecular flexibility index (Phi) is 6.06. The molecule has 0 spiro atoms. The number of benzene rings is 1. The van der Waals surface area contributed by atoms with Crippen molar-refractivity contribution in [1.29, 1.82) is 0 Å². The molecule has 26 heavy (non-hydrogen) atoms. The first-order valence-corrected chi connectivity index (χ1v) is 9.10. The smallest absolute Gasteiger partial charge is 0.230 e. The molecule has 1 aromatic carbocycles. The largest absolute Gasteiger partial charge is 0.385 e. The highest BCUT2D eigenvalue weighted by Gasteiger charge is 2.37. The number of amides is 1. The number of ether oxygens (including phenoxy) is 2. The minimum Gasteiger partial charge on any atom is -0.385 e. The molecule has 6 nitrogen and oxygen atoms in total. The van der Waals surface area contributed by atoms with Crippen LogP contribution in [0.15, 0.2) is 30.5 Å². The molecule has 2 atom stereocenters. The number of aromatic nitrogens is 2. The van der Waals surface area contributed by atoms with Crippen molar-refractivity contribution in [2.24, 2.45) is 5.92 Å². The van der Waals surface area contributed by atoms with Gasteiger partial charge in [-0.15, -0.1) is 0 Å². The summed E-state index contributed by atoms with van der Waals surface area (Å²) in [6.07, 6.45) is 3.09. The van der Waals surface area contributed by atoms with Crippen molar-refractivity contribution in [3.63, 3.8) is 0 Å². The topological polar surface area (TPSA) is 65.4 Å². The molecule has 1 aliphatic rings. The highest BCUT2D eigenvalue weighted by molar-refractivity contribution is 5.93. The molecule has 1 N–H and O–H groups in total. The summed E-state index contributed by atoms with van der Waals surface area (Å²) in [5.41, 5.74) is 4.07. The highest BCUT2D eigenvalue weighted by atomic mass is 16.5. The molecule has 3 rings (SSSR count). The molecule has 0 aliphatic carbocycles. The number of hydrogen-bond acceptors (Lipinski definition) is 4. The van der Waals surface area contributed by atoms with Gasteiger partial charge in [0.05, 0.1) is 11.6 Å². The van der Waals surface area contributed by atoms with Gasteiger partial charge < -0.3 is 14.8 Å². The third-order valence-corrected chi connectivity index (χ3v) is 4.83. The number of methoxy groups -OCH3 is 1. The van der Waals surface area contributed by atoms with E-state index in [-0.39, 0.29) is 17.9 Å². The Labute approximate surface area is 154 Å². The van der Waals surface area contributed by atoms with E-state index in [9.17, 15) is 4.79 Å². The summed E-state index contributed by atoms with van der Waals surface area (Å²) < 4.78 is 12.9. The van der Waals surface area contributed by atoms with Gasteiger partial charge in [-0.2, -0.15) is 5.10 Å². The van der Waals surface area contributed by atoms with E-state index < -0.39 is 0 Å². The van der Waals surface area contributed by atoms with Crippen molar-refractivity contribution in [2.45, 2.75) is 39.3 Å². The molecule has 140 valence electrons. The zero-order valence-electron chi connectivity index (χ0n) is 15.7. The van der Waals surface area contributed by atoms with Crippen LogP contribution in [-0.2, 0) is 20.8 Å². The van der Waals surface area contributed by atoms with Crippen LogP contribution in [0, 0.1) is 19.8 Å².